The summed E-state index contributed by atoms with van der Waals surface area (Å²) >= 11 is 0. The molecule has 7 nitrogen and oxygen atoms in total. The van der Waals surface area contributed by atoms with Crippen LogP contribution in [0.4, 0.5) is 17.3 Å². The van der Waals surface area contributed by atoms with Crippen LogP contribution in [0.25, 0.3) is 11.0 Å². The number of hydrogen-bond donors (Lipinski definition) is 1. The molecule has 1 N–H and O–H groups in total. The molecule has 1 aliphatic rings. The van der Waals surface area contributed by atoms with Crippen molar-refractivity contribution >= 4 is 28.4 Å². The number of fused-ring (bicyclic) bond motifs is 1. The summed E-state index contributed by atoms with van der Waals surface area (Å²) < 4.78 is 1.70. The monoisotopic (exact) mass is 440 g/mol. The second kappa shape index (κ2) is 9.03. The average Bonchev–Trinajstić information content (AvgIpc) is 2.82. The zero-order valence-corrected chi connectivity index (χ0v) is 19.0. The maximum Gasteiger partial charge on any atom is 0.252 e. The van der Waals surface area contributed by atoms with Crippen LogP contribution in [0.5, 0.6) is 0 Å². The van der Waals surface area contributed by atoms with Gasteiger partial charge in [-0.3, -0.25) is 9.36 Å². The zero-order valence-electron chi connectivity index (χ0n) is 19.0. The van der Waals surface area contributed by atoms with Crippen LogP contribution in [0.1, 0.15) is 11.1 Å². The number of hydrogen-bond acceptors (Lipinski definition) is 6. The van der Waals surface area contributed by atoms with Gasteiger partial charge in [-0.1, -0.05) is 29.8 Å². The molecule has 1 aliphatic heterocycles. The van der Waals surface area contributed by atoms with Crippen LogP contribution >= 0.6 is 0 Å². The van der Waals surface area contributed by atoms with Crippen molar-refractivity contribution in [1.29, 1.82) is 0 Å². The highest BCUT2D eigenvalue weighted by Crippen LogP contribution is 2.22. The molecule has 168 valence electrons. The predicted molar refractivity (Wildman–Crippen MR) is 134 cm³/mol. The Balaban J connectivity index is 1.39. The summed E-state index contributed by atoms with van der Waals surface area (Å²) in [6.45, 7) is 6.75. The van der Waals surface area contributed by atoms with Crippen molar-refractivity contribution in [1.82, 2.24) is 19.4 Å². The number of likely N-dealkylation sites (N-methyl/N-ethyl adjacent to an activating group) is 1. The topological polar surface area (TPSA) is 66.3 Å². The summed E-state index contributed by atoms with van der Waals surface area (Å²) in [6, 6.07) is 19.9. The van der Waals surface area contributed by atoms with Crippen LogP contribution in [0, 0.1) is 6.92 Å². The van der Waals surface area contributed by atoms with E-state index in [4.69, 9.17) is 4.98 Å². The molecular weight excluding hydrogens is 412 g/mol. The fourth-order valence-electron chi connectivity index (χ4n) is 4.23. The van der Waals surface area contributed by atoms with Crippen molar-refractivity contribution in [3.05, 3.63) is 88.3 Å². The van der Waals surface area contributed by atoms with Gasteiger partial charge in [-0.25, -0.2) is 4.98 Å². The molecule has 1 fully saturated rings. The molecule has 7 heteroatoms. The molecule has 0 unspecified atom stereocenters. The van der Waals surface area contributed by atoms with Crippen LogP contribution in [0.15, 0.2) is 71.7 Å². The summed E-state index contributed by atoms with van der Waals surface area (Å²) in [7, 11) is 2.16. The largest absolute Gasteiger partial charge is 0.369 e. The van der Waals surface area contributed by atoms with Crippen LogP contribution in [-0.2, 0) is 6.54 Å². The highest BCUT2D eigenvalue weighted by atomic mass is 16.1. The number of piperazine rings is 1. The number of benzene rings is 2. The van der Waals surface area contributed by atoms with Crippen molar-refractivity contribution in [3.8, 4) is 0 Å². The lowest BCUT2D eigenvalue weighted by molar-refractivity contribution is 0.313. The molecule has 0 spiro atoms. The van der Waals surface area contributed by atoms with Crippen LogP contribution < -0.4 is 15.8 Å². The minimum absolute atomic E-state index is 0.0785. The van der Waals surface area contributed by atoms with E-state index >= 15 is 0 Å². The zero-order chi connectivity index (χ0) is 22.8. The molecule has 0 saturated carbocycles. The third-order valence-corrected chi connectivity index (χ3v) is 6.14. The van der Waals surface area contributed by atoms with E-state index < -0.39 is 0 Å². The smallest absolute Gasteiger partial charge is 0.252 e. The van der Waals surface area contributed by atoms with Crippen LogP contribution in [0.3, 0.4) is 0 Å². The summed E-state index contributed by atoms with van der Waals surface area (Å²) in [5.41, 5.74) is 4.91. The van der Waals surface area contributed by atoms with E-state index in [1.54, 1.807) is 22.9 Å². The van der Waals surface area contributed by atoms with E-state index in [9.17, 15) is 4.79 Å². The molecule has 0 atom stereocenters. The van der Waals surface area contributed by atoms with E-state index in [-0.39, 0.29) is 5.56 Å². The Bertz CT molecular complexity index is 1320. The number of nitrogens with zero attached hydrogens (tertiary/aromatic N) is 5. The number of aryl methyl sites for hydroxylation is 1. The maximum atomic E-state index is 12.7. The Morgan fingerprint density at radius 1 is 0.970 bits per heavy atom. The summed E-state index contributed by atoms with van der Waals surface area (Å²) in [4.78, 5) is 26.6. The first-order valence-electron chi connectivity index (χ1n) is 11.3. The third kappa shape index (κ3) is 4.73. The van der Waals surface area contributed by atoms with E-state index in [0.29, 0.717) is 18.1 Å². The first-order valence-corrected chi connectivity index (χ1v) is 11.3. The minimum Gasteiger partial charge on any atom is -0.369 e. The molecule has 4 aromatic rings. The fourth-order valence-corrected chi connectivity index (χ4v) is 4.23. The molecule has 5 rings (SSSR count). The molecule has 0 bridgehead atoms. The molecular formula is C26H28N6O. The first-order chi connectivity index (χ1) is 16.0. The molecule has 0 amide bonds. The normalized spacial score (nSPS) is 14.5. The Morgan fingerprint density at radius 3 is 2.52 bits per heavy atom. The second-order valence-corrected chi connectivity index (χ2v) is 8.68. The van der Waals surface area contributed by atoms with Gasteiger partial charge in [0.05, 0.1) is 6.54 Å². The fraction of sp³-hybridized carbons (Fsp3) is 0.269. The van der Waals surface area contributed by atoms with Crippen molar-refractivity contribution < 1.29 is 0 Å². The standard InChI is InChI=1S/C26H28N6O/c1-19-4-3-5-20(16-19)18-32-24(33)11-6-21-17-27-26(29-25(21)32)28-22-7-9-23(10-8-22)31-14-12-30(2)13-15-31/h3-11,16-17H,12-15,18H2,1-2H3,(H,27,28,29). The van der Waals surface area contributed by atoms with Gasteiger partial charge < -0.3 is 15.1 Å². The lowest BCUT2D eigenvalue weighted by Crippen LogP contribution is -2.44. The Kier molecular flexibility index (Phi) is 5.79. The number of rotatable bonds is 5. The number of aromatic nitrogens is 3. The first kappa shape index (κ1) is 21.2. The SMILES string of the molecule is Cc1cccc(Cn2c(=O)ccc3cnc(Nc4ccc(N5CCN(C)CC5)cc4)nc32)c1. The Labute approximate surface area is 193 Å². The van der Waals surface area contributed by atoms with E-state index in [0.717, 1.165) is 48.4 Å². The van der Waals surface area contributed by atoms with E-state index in [1.807, 2.05) is 24.3 Å². The van der Waals surface area contributed by atoms with Crippen molar-refractivity contribution in [2.45, 2.75) is 13.5 Å². The summed E-state index contributed by atoms with van der Waals surface area (Å²) in [6.07, 6.45) is 1.76. The Morgan fingerprint density at radius 2 is 1.76 bits per heavy atom. The Hall–Kier alpha value is -3.71. The van der Waals surface area contributed by atoms with Crippen molar-refractivity contribution in [2.75, 3.05) is 43.4 Å². The lowest BCUT2D eigenvalue weighted by Gasteiger charge is -2.34. The summed E-state index contributed by atoms with van der Waals surface area (Å²) in [5, 5.41) is 4.12. The maximum absolute atomic E-state index is 12.7. The minimum atomic E-state index is -0.0785. The molecule has 1 saturated heterocycles. The molecule has 0 aliphatic carbocycles. The van der Waals surface area contributed by atoms with Gasteiger partial charge in [0.1, 0.15) is 5.65 Å². The van der Waals surface area contributed by atoms with Gasteiger partial charge in [-0.2, -0.15) is 4.98 Å². The van der Waals surface area contributed by atoms with Gasteiger partial charge in [0, 0.05) is 55.2 Å². The van der Waals surface area contributed by atoms with Crippen LogP contribution in [0.2, 0.25) is 0 Å². The number of pyridine rings is 1. The van der Waals surface area contributed by atoms with Gasteiger partial charge >= 0.3 is 0 Å². The second-order valence-electron chi connectivity index (χ2n) is 8.68. The lowest BCUT2D eigenvalue weighted by atomic mass is 10.1. The molecule has 0 radical (unpaired) electrons. The predicted octanol–water partition coefficient (Wildman–Crippen LogP) is 3.64. The summed E-state index contributed by atoms with van der Waals surface area (Å²) in [5.74, 6) is 0.471. The van der Waals surface area contributed by atoms with Gasteiger partial charge in [0.15, 0.2) is 0 Å². The molecule has 3 heterocycles. The molecule has 2 aromatic carbocycles. The van der Waals surface area contributed by atoms with Gasteiger partial charge in [0.25, 0.3) is 5.56 Å². The van der Waals surface area contributed by atoms with Gasteiger partial charge in [-0.05, 0) is 49.9 Å². The third-order valence-electron chi connectivity index (χ3n) is 6.14. The van der Waals surface area contributed by atoms with E-state index in [1.165, 1.54) is 5.69 Å². The van der Waals surface area contributed by atoms with Crippen molar-refractivity contribution in [3.63, 3.8) is 0 Å². The van der Waals surface area contributed by atoms with Gasteiger partial charge in [0.2, 0.25) is 5.95 Å². The van der Waals surface area contributed by atoms with Gasteiger partial charge in [-0.15, -0.1) is 0 Å². The highest BCUT2D eigenvalue weighted by Gasteiger charge is 2.14. The number of anilines is 3. The quantitative estimate of drug-likeness (QED) is 0.511. The molecule has 2 aromatic heterocycles. The molecule has 33 heavy (non-hydrogen) atoms. The number of nitrogens with one attached hydrogen (secondary N) is 1. The van der Waals surface area contributed by atoms with Crippen molar-refractivity contribution in [2.24, 2.45) is 0 Å². The average molecular weight is 441 g/mol. The highest BCUT2D eigenvalue weighted by molar-refractivity contribution is 5.76. The van der Waals surface area contributed by atoms with Crippen LogP contribution in [-0.4, -0.2) is 52.7 Å². The van der Waals surface area contributed by atoms with E-state index in [2.05, 4.69) is 58.3 Å².